The Hall–Kier alpha value is -3.40. The third-order valence-corrected chi connectivity index (χ3v) is 4.04. The Morgan fingerprint density at radius 2 is 1.80 bits per heavy atom. The van der Waals surface area contributed by atoms with Crippen LogP contribution in [0, 0.1) is 6.92 Å². The van der Waals surface area contributed by atoms with E-state index >= 15 is 0 Å². The van der Waals surface area contributed by atoms with Crippen LogP contribution in [0.25, 0.3) is 22.6 Å². The average molecular weight is 328 g/mol. The van der Waals surface area contributed by atoms with Crippen molar-refractivity contribution in [2.24, 2.45) is 4.99 Å². The summed E-state index contributed by atoms with van der Waals surface area (Å²) in [7, 11) is 0. The van der Waals surface area contributed by atoms with Crippen molar-refractivity contribution in [3.05, 3.63) is 77.9 Å². The van der Waals surface area contributed by atoms with Gasteiger partial charge in [-0.05, 0) is 42.8 Å². The third kappa shape index (κ3) is 3.02. The molecular weight excluding hydrogens is 312 g/mol. The van der Waals surface area contributed by atoms with Crippen LogP contribution in [0.5, 0.6) is 5.75 Å². The monoisotopic (exact) mass is 328 g/mol. The number of aromatic hydroxyl groups is 1. The van der Waals surface area contributed by atoms with Crippen molar-refractivity contribution in [2.75, 3.05) is 0 Å². The molecule has 0 radical (unpaired) electrons. The normalized spacial score (nSPS) is 11.4. The van der Waals surface area contributed by atoms with Gasteiger partial charge in [0, 0.05) is 23.4 Å². The quantitative estimate of drug-likeness (QED) is 0.522. The number of hydrogen-bond donors (Lipinski definition) is 1. The predicted molar refractivity (Wildman–Crippen MR) is 99.5 cm³/mol. The molecule has 1 heterocycles. The maximum Gasteiger partial charge on any atom is 0.227 e. The van der Waals surface area contributed by atoms with E-state index < -0.39 is 0 Å². The van der Waals surface area contributed by atoms with Gasteiger partial charge in [-0.2, -0.15) is 0 Å². The summed E-state index contributed by atoms with van der Waals surface area (Å²) in [6.07, 6.45) is 1.63. The van der Waals surface area contributed by atoms with Crippen LogP contribution in [0.3, 0.4) is 0 Å². The summed E-state index contributed by atoms with van der Waals surface area (Å²) in [6, 6.07) is 20.7. The van der Waals surface area contributed by atoms with Crippen LogP contribution >= 0.6 is 0 Å². The van der Waals surface area contributed by atoms with Crippen LogP contribution < -0.4 is 0 Å². The van der Waals surface area contributed by atoms with E-state index in [1.54, 1.807) is 18.3 Å². The molecule has 4 heteroatoms. The van der Waals surface area contributed by atoms with Gasteiger partial charge in [-0.15, -0.1) is 0 Å². The molecule has 0 saturated heterocycles. The fourth-order valence-corrected chi connectivity index (χ4v) is 2.66. The Morgan fingerprint density at radius 1 is 1.00 bits per heavy atom. The van der Waals surface area contributed by atoms with Gasteiger partial charge >= 0.3 is 0 Å². The van der Waals surface area contributed by atoms with Crippen LogP contribution in [-0.2, 0) is 0 Å². The van der Waals surface area contributed by atoms with Crippen molar-refractivity contribution in [2.45, 2.75) is 6.92 Å². The lowest BCUT2D eigenvalue weighted by atomic mass is 10.1. The van der Waals surface area contributed by atoms with Gasteiger partial charge in [0.2, 0.25) is 5.89 Å². The molecule has 0 atom stereocenters. The molecule has 0 saturated carbocycles. The lowest BCUT2D eigenvalue weighted by Crippen LogP contribution is -1.81. The Balaban J connectivity index is 1.69. The predicted octanol–water partition coefficient (Wildman–Crippen LogP) is 5.26. The number of aromatic nitrogens is 1. The molecule has 0 spiro atoms. The Morgan fingerprint density at radius 3 is 2.64 bits per heavy atom. The fraction of sp³-hybridized carbons (Fsp3) is 0.0476. The highest BCUT2D eigenvalue weighted by Gasteiger charge is 2.10. The number of rotatable bonds is 3. The fourth-order valence-electron chi connectivity index (χ4n) is 2.66. The SMILES string of the molecule is Cc1ccccc1-c1nc2ccc(N=Cc3ccccc3O)cc2o1. The zero-order valence-electron chi connectivity index (χ0n) is 13.7. The molecule has 0 aliphatic rings. The molecule has 3 aromatic carbocycles. The first kappa shape index (κ1) is 15.1. The van der Waals surface area contributed by atoms with Crippen molar-refractivity contribution in [1.29, 1.82) is 0 Å². The molecule has 4 rings (SSSR count). The molecule has 0 amide bonds. The zero-order chi connectivity index (χ0) is 17.2. The molecule has 1 aromatic heterocycles. The van der Waals surface area contributed by atoms with Crippen molar-refractivity contribution in [3.63, 3.8) is 0 Å². The third-order valence-electron chi connectivity index (χ3n) is 4.04. The highest BCUT2D eigenvalue weighted by Crippen LogP contribution is 2.29. The minimum atomic E-state index is 0.203. The molecule has 4 nitrogen and oxygen atoms in total. The standard InChI is InChI=1S/C21H16N2O2/c1-14-6-2-4-8-17(14)21-23-18-11-10-16(12-20(18)25-21)22-13-15-7-3-5-9-19(15)24/h2-13,24H,1H3. The average Bonchev–Trinajstić information content (AvgIpc) is 3.04. The van der Waals surface area contributed by atoms with Gasteiger partial charge in [0.15, 0.2) is 5.58 Å². The van der Waals surface area contributed by atoms with Crippen LogP contribution in [0.1, 0.15) is 11.1 Å². The first-order valence-electron chi connectivity index (χ1n) is 7.99. The number of fused-ring (bicyclic) bond motifs is 1. The minimum Gasteiger partial charge on any atom is -0.507 e. The lowest BCUT2D eigenvalue weighted by molar-refractivity contribution is 0.474. The molecule has 1 N–H and O–H groups in total. The van der Waals surface area contributed by atoms with Gasteiger partial charge in [0.05, 0.1) is 5.69 Å². The van der Waals surface area contributed by atoms with Gasteiger partial charge in [0.1, 0.15) is 11.3 Å². The summed E-state index contributed by atoms with van der Waals surface area (Å²) >= 11 is 0. The second-order valence-corrected chi connectivity index (χ2v) is 5.80. The van der Waals surface area contributed by atoms with E-state index in [4.69, 9.17) is 4.42 Å². The number of para-hydroxylation sites is 1. The van der Waals surface area contributed by atoms with Gasteiger partial charge in [-0.3, -0.25) is 4.99 Å². The van der Waals surface area contributed by atoms with E-state index in [1.165, 1.54) is 0 Å². The molecule has 0 bridgehead atoms. The second kappa shape index (κ2) is 6.24. The molecule has 25 heavy (non-hydrogen) atoms. The number of hydrogen-bond acceptors (Lipinski definition) is 4. The molecule has 0 aliphatic carbocycles. The van der Waals surface area contributed by atoms with E-state index in [2.05, 4.69) is 9.98 Å². The van der Waals surface area contributed by atoms with Gasteiger partial charge in [0.25, 0.3) is 0 Å². The summed E-state index contributed by atoms with van der Waals surface area (Å²) < 4.78 is 5.92. The van der Waals surface area contributed by atoms with Crippen molar-refractivity contribution in [1.82, 2.24) is 4.98 Å². The smallest absolute Gasteiger partial charge is 0.227 e. The van der Waals surface area contributed by atoms with E-state index in [9.17, 15) is 5.11 Å². The van der Waals surface area contributed by atoms with E-state index in [-0.39, 0.29) is 5.75 Å². The molecular formula is C21H16N2O2. The molecule has 4 aromatic rings. The highest BCUT2D eigenvalue weighted by molar-refractivity contribution is 5.87. The van der Waals surface area contributed by atoms with Crippen molar-refractivity contribution in [3.8, 4) is 17.2 Å². The van der Waals surface area contributed by atoms with E-state index in [0.29, 0.717) is 17.0 Å². The zero-order valence-corrected chi connectivity index (χ0v) is 13.7. The molecule has 0 aliphatic heterocycles. The summed E-state index contributed by atoms with van der Waals surface area (Å²) in [5.74, 6) is 0.809. The van der Waals surface area contributed by atoms with Crippen LogP contribution in [0.4, 0.5) is 5.69 Å². The first-order chi connectivity index (χ1) is 12.2. The minimum absolute atomic E-state index is 0.203. The van der Waals surface area contributed by atoms with Crippen LogP contribution in [0.15, 0.2) is 76.1 Å². The molecule has 0 fully saturated rings. The van der Waals surface area contributed by atoms with E-state index in [0.717, 1.165) is 22.3 Å². The van der Waals surface area contributed by atoms with E-state index in [1.807, 2.05) is 61.5 Å². The number of oxazole rings is 1. The van der Waals surface area contributed by atoms with Gasteiger partial charge in [-0.1, -0.05) is 30.3 Å². The van der Waals surface area contributed by atoms with Gasteiger partial charge < -0.3 is 9.52 Å². The van der Waals surface area contributed by atoms with Crippen LogP contribution in [0.2, 0.25) is 0 Å². The molecule has 122 valence electrons. The highest BCUT2D eigenvalue weighted by atomic mass is 16.3. The second-order valence-electron chi connectivity index (χ2n) is 5.80. The summed E-state index contributed by atoms with van der Waals surface area (Å²) in [5, 5.41) is 9.80. The Labute approximate surface area is 145 Å². The molecule has 0 unspecified atom stereocenters. The summed E-state index contributed by atoms with van der Waals surface area (Å²) in [5.41, 5.74) is 4.98. The van der Waals surface area contributed by atoms with Crippen molar-refractivity contribution >= 4 is 23.0 Å². The van der Waals surface area contributed by atoms with Crippen LogP contribution in [-0.4, -0.2) is 16.3 Å². The first-order valence-corrected chi connectivity index (χ1v) is 7.99. The maximum atomic E-state index is 9.80. The Kier molecular flexibility index (Phi) is 3.78. The Bertz CT molecular complexity index is 1080. The maximum absolute atomic E-state index is 9.80. The number of nitrogens with zero attached hydrogens (tertiary/aromatic N) is 2. The topological polar surface area (TPSA) is 58.6 Å². The summed E-state index contributed by atoms with van der Waals surface area (Å²) in [6.45, 7) is 2.03. The lowest BCUT2D eigenvalue weighted by Gasteiger charge is -1.98. The number of aliphatic imine (C=N–C) groups is 1. The number of aryl methyl sites for hydroxylation is 1. The van der Waals surface area contributed by atoms with Crippen molar-refractivity contribution < 1.29 is 9.52 Å². The van der Waals surface area contributed by atoms with Gasteiger partial charge in [-0.25, -0.2) is 4.98 Å². The number of benzene rings is 3. The summed E-state index contributed by atoms with van der Waals surface area (Å²) in [4.78, 5) is 8.97. The largest absolute Gasteiger partial charge is 0.507 e. The number of phenolic OH excluding ortho intramolecular Hbond substituents is 1. The number of phenols is 1.